The van der Waals surface area contributed by atoms with Crippen LogP contribution in [-0.4, -0.2) is 23.4 Å². The Kier molecular flexibility index (Phi) is 4.98. The molecule has 5 heteroatoms. The standard InChI is InChI=1S/C16H22N4O/c1-3-19(2)15-11-16(21)20(18-12-15)9-5-7-13-6-4-8-14(17)10-13/h4,6,8,10-12H,3,5,7,9,17H2,1-2H3. The molecule has 0 amide bonds. The highest BCUT2D eigenvalue weighted by molar-refractivity contribution is 5.41. The van der Waals surface area contributed by atoms with Crippen molar-refractivity contribution in [3.63, 3.8) is 0 Å². The van der Waals surface area contributed by atoms with E-state index in [0.29, 0.717) is 6.54 Å². The fourth-order valence-electron chi connectivity index (χ4n) is 2.16. The van der Waals surface area contributed by atoms with Crippen LogP contribution in [0.3, 0.4) is 0 Å². The van der Waals surface area contributed by atoms with E-state index in [1.165, 1.54) is 10.2 Å². The highest BCUT2D eigenvalue weighted by atomic mass is 16.1. The maximum absolute atomic E-state index is 12.0. The van der Waals surface area contributed by atoms with Crippen molar-refractivity contribution in [1.29, 1.82) is 0 Å². The van der Waals surface area contributed by atoms with Crippen LogP contribution in [0.4, 0.5) is 11.4 Å². The molecule has 112 valence electrons. The van der Waals surface area contributed by atoms with Gasteiger partial charge in [-0.2, -0.15) is 5.10 Å². The van der Waals surface area contributed by atoms with Crippen LogP contribution in [-0.2, 0) is 13.0 Å². The van der Waals surface area contributed by atoms with E-state index < -0.39 is 0 Å². The molecular formula is C16H22N4O. The topological polar surface area (TPSA) is 64.2 Å². The normalized spacial score (nSPS) is 10.6. The Bertz CT molecular complexity index is 651. The Morgan fingerprint density at radius 1 is 1.33 bits per heavy atom. The second-order valence-corrected chi connectivity index (χ2v) is 5.14. The number of rotatable bonds is 6. The first-order valence-electron chi connectivity index (χ1n) is 7.23. The largest absolute Gasteiger partial charge is 0.399 e. The highest BCUT2D eigenvalue weighted by Crippen LogP contribution is 2.09. The van der Waals surface area contributed by atoms with Crippen LogP contribution >= 0.6 is 0 Å². The molecule has 0 spiro atoms. The van der Waals surface area contributed by atoms with E-state index in [9.17, 15) is 4.79 Å². The molecule has 1 aromatic carbocycles. The van der Waals surface area contributed by atoms with Gasteiger partial charge < -0.3 is 10.6 Å². The van der Waals surface area contributed by atoms with Gasteiger partial charge in [-0.25, -0.2) is 4.68 Å². The van der Waals surface area contributed by atoms with Crippen LogP contribution in [0.5, 0.6) is 0 Å². The monoisotopic (exact) mass is 286 g/mol. The summed E-state index contributed by atoms with van der Waals surface area (Å²) in [5.41, 5.74) is 8.51. The number of aromatic nitrogens is 2. The van der Waals surface area contributed by atoms with Crippen molar-refractivity contribution in [2.75, 3.05) is 24.2 Å². The predicted octanol–water partition coefficient (Wildman–Crippen LogP) is 1.91. The molecule has 0 saturated carbocycles. The van der Waals surface area contributed by atoms with Gasteiger partial charge in [-0.3, -0.25) is 4.79 Å². The number of aryl methyl sites for hydroxylation is 2. The minimum atomic E-state index is -0.0552. The molecular weight excluding hydrogens is 264 g/mol. The first kappa shape index (κ1) is 15.1. The number of nitrogens with two attached hydrogens (primary N) is 1. The van der Waals surface area contributed by atoms with E-state index in [1.807, 2.05) is 43.1 Å². The zero-order valence-electron chi connectivity index (χ0n) is 12.6. The Balaban J connectivity index is 1.96. The summed E-state index contributed by atoms with van der Waals surface area (Å²) in [6.45, 7) is 3.50. The molecule has 1 aromatic heterocycles. The fourth-order valence-corrected chi connectivity index (χ4v) is 2.16. The molecule has 2 rings (SSSR count). The van der Waals surface area contributed by atoms with Gasteiger partial charge in [-0.05, 0) is 37.5 Å². The van der Waals surface area contributed by atoms with Crippen molar-refractivity contribution in [3.8, 4) is 0 Å². The van der Waals surface area contributed by atoms with E-state index in [2.05, 4.69) is 5.10 Å². The lowest BCUT2D eigenvalue weighted by atomic mass is 10.1. The molecule has 21 heavy (non-hydrogen) atoms. The molecule has 5 nitrogen and oxygen atoms in total. The van der Waals surface area contributed by atoms with Gasteiger partial charge in [-0.15, -0.1) is 0 Å². The molecule has 2 aromatic rings. The number of nitrogen functional groups attached to an aromatic ring is 1. The lowest BCUT2D eigenvalue weighted by molar-refractivity contribution is 0.548. The molecule has 0 radical (unpaired) electrons. The average molecular weight is 286 g/mol. The van der Waals surface area contributed by atoms with Crippen molar-refractivity contribution in [3.05, 3.63) is 52.4 Å². The molecule has 0 aliphatic rings. The minimum Gasteiger partial charge on any atom is -0.399 e. The van der Waals surface area contributed by atoms with Gasteiger partial charge in [0.15, 0.2) is 0 Å². The maximum atomic E-state index is 12.0. The third-order valence-corrected chi connectivity index (χ3v) is 3.56. The van der Waals surface area contributed by atoms with E-state index in [0.717, 1.165) is 30.8 Å². The molecule has 2 N–H and O–H groups in total. The summed E-state index contributed by atoms with van der Waals surface area (Å²) in [6, 6.07) is 9.47. The second kappa shape index (κ2) is 6.92. The molecule has 0 bridgehead atoms. The minimum absolute atomic E-state index is 0.0552. The molecule has 1 heterocycles. The number of hydrogen-bond donors (Lipinski definition) is 1. The van der Waals surface area contributed by atoms with Gasteiger partial charge in [0.2, 0.25) is 0 Å². The third-order valence-electron chi connectivity index (χ3n) is 3.56. The van der Waals surface area contributed by atoms with Gasteiger partial charge in [0.05, 0.1) is 11.9 Å². The Hall–Kier alpha value is -2.30. The summed E-state index contributed by atoms with van der Waals surface area (Å²) in [6.07, 6.45) is 3.49. The molecule has 0 aliphatic carbocycles. The average Bonchev–Trinajstić information content (AvgIpc) is 2.48. The van der Waals surface area contributed by atoms with Crippen molar-refractivity contribution in [2.45, 2.75) is 26.3 Å². The second-order valence-electron chi connectivity index (χ2n) is 5.14. The van der Waals surface area contributed by atoms with Crippen LogP contribution in [0.1, 0.15) is 18.9 Å². The van der Waals surface area contributed by atoms with Gasteiger partial charge in [0, 0.05) is 31.9 Å². The van der Waals surface area contributed by atoms with Crippen molar-refractivity contribution < 1.29 is 0 Å². The molecule has 0 aliphatic heterocycles. The van der Waals surface area contributed by atoms with Crippen LogP contribution in [0.25, 0.3) is 0 Å². The summed E-state index contributed by atoms with van der Waals surface area (Å²) in [4.78, 5) is 14.0. The first-order valence-corrected chi connectivity index (χ1v) is 7.23. The van der Waals surface area contributed by atoms with Crippen LogP contribution < -0.4 is 16.2 Å². The van der Waals surface area contributed by atoms with Gasteiger partial charge in [0.1, 0.15) is 0 Å². The molecule has 0 saturated heterocycles. The zero-order chi connectivity index (χ0) is 15.2. The molecule has 0 fully saturated rings. The van der Waals surface area contributed by atoms with Gasteiger partial charge in [0.25, 0.3) is 5.56 Å². The van der Waals surface area contributed by atoms with E-state index >= 15 is 0 Å². The van der Waals surface area contributed by atoms with E-state index in [4.69, 9.17) is 5.73 Å². The Morgan fingerprint density at radius 2 is 2.14 bits per heavy atom. The Labute approximate surface area is 125 Å². The number of benzene rings is 1. The number of anilines is 2. The first-order chi connectivity index (χ1) is 10.1. The maximum Gasteiger partial charge on any atom is 0.268 e. The number of nitrogens with zero attached hydrogens (tertiary/aromatic N) is 3. The number of hydrogen-bond acceptors (Lipinski definition) is 4. The quantitative estimate of drug-likeness (QED) is 0.824. The summed E-state index contributed by atoms with van der Waals surface area (Å²) < 4.78 is 1.51. The van der Waals surface area contributed by atoms with E-state index in [-0.39, 0.29) is 5.56 Å². The Morgan fingerprint density at radius 3 is 2.81 bits per heavy atom. The fraction of sp³-hybridized carbons (Fsp3) is 0.375. The molecule has 0 atom stereocenters. The summed E-state index contributed by atoms with van der Waals surface area (Å²) in [5, 5.41) is 4.23. The van der Waals surface area contributed by atoms with Crippen LogP contribution in [0, 0.1) is 0 Å². The van der Waals surface area contributed by atoms with Crippen molar-refractivity contribution in [2.24, 2.45) is 0 Å². The lowest BCUT2D eigenvalue weighted by Gasteiger charge is -2.16. The summed E-state index contributed by atoms with van der Waals surface area (Å²) in [5.74, 6) is 0. The SMILES string of the molecule is CCN(C)c1cnn(CCCc2cccc(N)c2)c(=O)c1. The van der Waals surface area contributed by atoms with Crippen LogP contribution in [0.2, 0.25) is 0 Å². The highest BCUT2D eigenvalue weighted by Gasteiger charge is 2.03. The van der Waals surface area contributed by atoms with Crippen LogP contribution in [0.15, 0.2) is 41.3 Å². The summed E-state index contributed by atoms with van der Waals surface area (Å²) in [7, 11) is 1.95. The smallest absolute Gasteiger partial charge is 0.268 e. The van der Waals surface area contributed by atoms with Crippen molar-refractivity contribution >= 4 is 11.4 Å². The predicted molar refractivity (Wildman–Crippen MR) is 86.6 cm³/mol. The zero-order valence-corrected chi connectivity index (χ0v) is 12.6. The van der Waals surface area contributed by atoms with E-state index in [1.54, 1.807) is 12.3 Å². The summed E-state index contributed by atoms with van der Waals surface area (Å²) >= 11 is 0. The van der Waals surface area contributed by atoms with Gasteiger partial charge in [-0.1, -0.05) is 12.1 Å². The van der Waals surface area contributed by atoms with Gasteiger partial charge >= 0.3 is 0 Å². The van der Waals surface area contributed by atoms with Crippen molar-refractivity contribution in [1.82, 2.24) is 9.78 Å². The molecule has 0 unspecified atom stereocenters. The lowest BCUT2D eigenvalue weighted by Crippen LogP contribution is -2.25. The third kappa shape index (κ3) is 4.08.